The Hall–Kier alpha value is -0.760. The van der Waals surface area contributed by atoms with E-state index in [0.29, 0.717) is 17.1 Å². The third-order valence-electron chi connectivity index (χ3n) is 2.62. The van der Waals surface area contributed by atoms with E-state index in [1.165, 1.54) is 11.3 Å². The standard InChI is InChI=1S/C12H21N3O2S2/c1-4-9-5-6-18-12(9)19(14,17)15-11(16)10(13)7-8(2)3/h5-6,8,10H,4,7,13H2,1-3H3,(H2,14,15,16,17)/t10-,19?/m0/s1. The molecular formula is C12H21N3O2S2. The monoisotopic (exact) mass is 303 g/mol. The first-order chi connectivity index (χ1) is 8.77. The Labute approximate surface area is 118 Å². The molecule has 1 unspecified atom stereocenters. The summed E-state index contributed by atoms with van der Waals surface area (Å²) in [7, 11) is -3.18. The van der Waals surface area contributed by atoms with Gasteiger partial charge in [-0.2, -0.15) is 0 Å². The minimum absolute atomic E-state index is 0.274. The van der Waals surface area contributed by atoms with Gasteiger partial charge in [-0.3, -0.25) is 4.79 Å². The van der Waals surface area contributed by atoms with Crippen LogP contribution in [0, 0.1) is 5.92 Å². The normalized spacial score (nSPS) is 16.1. The molecule has 1 aromatic rings. The maximum atomic E-state index is 12.4. The number of thiophene rings is 1. The molecule has 1 aromatic heterocycles. The van der Waals surface area contributed by atoms with Crippen LogP contribution in [0.2, 0.25) is 0 Å². The van der Waals surface area contributed by atoms with Crippen molar-refractivity contribution in [2.75, 3.05) is 0 Å². The number of rotatable bonds is 5. The van der Waals surface area contributed by atoms with Gasteiger partial charge < -0.3 is 5.73 Å². The molecule has 0 fully saturated rings. The van der Waals surface area contributed by atoms with Crippen LogP contribution in [-0.4, -0.2) is 16.2 Å². The van der Waals surface area contributed by atoms with Gasteiger partial charge in [0.15, 0.2) is 9.92 Å². The molecule has 0 saturated heterocycles. The van der Waals surface area contributed by atoms with Crippen LogP contribution in [0.4, 0.5) is 0 Å². The fourth-order valence-corrected chi connectivity index (χ4v) is 4.32. The summed E-state index contributed by atoms with van der Waals surface area (Å²) < 4.78 is 16.5. The highest BCUT2D eigenvalue weighted by Gasteiger charge is 2.20. The Morgan fingerprint density at radius 2 is 2.16 bits per heavy atom. The van der Waals surface area contributed by atoms with Crippen molar-refractivity contribution in [3.63, 3.8) is 0 Å². The molecule has 4 N–H and O–H groups in total. The Balaban J connectivity index is 3.03. The van der Waals surface area contributed by atoms with Gasteiger partial charge >= 0.3 is 0 Å². The number of hydrogen-bond acceptors (Lipinski definition) is 4. The molecule has 1 heterocycles. The molecule has 1 amide bonds. The summed E-state index contributed by atoms with van der Waals surface area (Å²) in [5.74, 6) is -0.312. The van der Waals surface area contributed by atoms with Gasteiger partial charge in [-0.25, -0.2) is 9.35 Å². The third kappa shape index (κ3) is 4.38. The summed E-state index contributed by atoms with van der Waals surface area (Å²) in [6.45, 7) is 5.86. The molecule has 0 bridgehead atoms. The summed E-state index contributed by atoms with van der Waals surface area (Å²) >= 11 is 1.26. The van der Waals surface area contributed by atoms with Crippen LogP contribution in [-0.2, 0) is 21.1 Å². The smallest absolute Gasteiger partial charge is 0.271 e. The molecule has 19 heavy (non-hydrogen) atoms. The Kier molecular flexibility index (Phi) is 5.66. The van der Waals surface area contributed by atoms with Gasteiger partial charge in [-0.15, -0.1) is 15.7 Å². The fraction of sp³-hybridized carbons (Fsp3) is 0.583. The molecular weight excluding hydrogens is 282 g/mol. The van der Waals surface area contributed by atoms with E-state index in [2.05, 4.69) is 4.36 Å². The van der Waals surface area contributed by atoms with Gasteiger partial charge in [-0.1, -0.05) is 20.8 Å². The van der Waals surface area contributed by atoms with E-state index in [0.717, 1.165) is 5.56 Å². The number of amides is 1. The summed E-state index contributed by atoms with van der Waals surface area (Å²) in [5, 5.41) is 7.52. The van der Waals surface area contributed by atoms with Gasteiger partial charge in [0.25, 0.3) is 5.91 Å². The van der Waals surface area contributed by atoms with Gasteiger partial charge in [-0.05, 0) is 35.8 Å². The van der Waals surface area contributed by atoms with Crippen molar-refractivity contribution in [3.05, 3.63) is 17.0 Å². The lowest BCUT2D eigenvalue weighted by atomic mass is 10.0. The van der Waals surface area contributed by atoms with E-state index < -0.39 is 21.9 Å². The average Bonchev–Trinajstić information content (AvgIpc) is 2.76. The van der Waals surface area contributed by atoms with Gasteiger partial charge in [0.05, 0.1) is 6.04 Å². The van der Waals surface area contributed by atoms with Crippen LogP contribution in [0.25, 0.3) is 0 Å². The quantitative estimate of drug-likeness (QED) is 0.869. The molecule has 108 valence electrons. The minimum Gasteiger partial charge on any atom is -0.320 e. The first-order valence-corrected chi connectivity index (χ1v) is 8.64. The highest BCUT2D eigenvalue weighted by Crippen LogP contribution is 2.23. The summed E-state index contributed by atoms with van der Waals surface area (Å²) in [5.41, 5.74) is 6.60. The zero-order valence-electron chi connectivity index (χ0n) is 11.5. The molecule has 0 aromatic carbocycles. The van der Waals surface area contributed by atoms with Crippen molar-refractivity contribution in [1.82, 2.24) is 0 Å². The molecule has 7 heteroatoms. The molecule has 0 aliphatic heterocycles. The summed E-state index contributed by atoms with van der Waals surface area (Å²) in [4.78, 5) is 11.8. The minimum atomic E-state index is -3.18. The predicted octanol–water partition coefficient (Wildman–Crippen LogP) is 1.91. The molecule has 0 radical (unpaired) electrons. The Morgan fingerprint density at radius 1 is 1.53 bits per heavy atom. The van der Waals surface area contributed by atoms with Gasteiger partial charge in [0, 0.05) is 0 Å². The Bertz CT molecular complexity index is 557. The lowest BCUT2D eigenvalue weighted by Gasteiger charge is -2.11. The van der Waals surface area contributed by atoms with Crippen molar-refractivity contribution >= 4 is 27.2 Å². The molecule has 2 atom stereocenters. The predicted molar refractivity (Wildman–Crippen MR) is 79.2 cm³/mol. The maximum absolute atomic E-state index is 12.4. The van der Waals surface area contributed by atoms with E-state index in [9.17, 15) is 9.00 Å². The SMILES string of the molecule is CCc1ccsc1S(N)(=O)=NC(=O)[C@@H](N)CC(C)C. The Morgan fingerprint density at radius 3 is 2.68 bits per heavy atom. The number of hydrogen-bond donors (Lipinski definition) is 2. The number of nitrogens with two attached hydrogens (primary N) is 2. The molecule has 5 nitrogen and oxygen atoms in total. The van der Waals surface area contributed by atoms with Crippen LogP contribution in [0.1, 0.15) is 32.8 Å². The maximum Gasteiger partial charge on any atom is 0.271 e. The highest BCUT2D eigenvalue weighted by molar-refractivity contribution is 7.93. The average molecular weight is 303 g/mol. The second-order valence-corrected chi connectivity index (χ2v) is 7.72. The van der Waals surface area contributed by atoms with E-state index in [1.54, 1.807) is 5.38 Å². The molecule has 0 aliphatic rings. The van der Waals surface area contributed by atoms with Crippen LogP contribution >= 0.6 is 11.3 Å². The fourth-order valence-electron chi connectivity index (χ4n) is 1.69. The molecule has 0 spiro atoms. The van der Waals surface area contributed by atoms with Gasteiger partial charge in [0.1, 0.15) is 4.21 Å². The van der Waals surface area contributed by atoms with E-state index in [4.69, 9.17) is 10.9 Å². The van der Waals surface area contributed by atoms with E-state index in [1.807, 2.05) is 26.8 Å². The van der Waals surface area contributed by atoms with Crippen LogP contribution < -0.4 is 10.9 Å². The van der Waals surface area contributed by atoms with Gasteiger partial charge in [0.2, 0.25) is 0 Å². The lowest BCUT2D eigenvalue weighted by molar-refractivity contribution is -0.119. The van der Waals surface area contributed by atoms with E-state index >= 15 is 0 Å². The third-order valence-corrected chi connectivity index (χ3v) is 5.62. The van der Waals surface area contributed by atoms with Crippen LogP contribution in [0.3, 0.4) is 0 Å². The second kappa shape index (κ2) is 6.60. The second-order valence-electron chi connectivity index (χ2n) is 4.82. The van der Waals surface area contributed by atoms with Crippen molar-refractivity contribution in [1.29, 1.82) is 0 Å². The summed E-state index contributed by atoms with van der Waals surface area (Å²) in [6.07, 6.45) is 1.21. The first kappa shape index (κ1) is 16.3. The first-order valence-electron chi connectivity index (χ1n) is 6.18. The van der Waals surface area contributed by atoms with Crippen LogP contribution in [0.15, 0.2) is 20.0 Å². The van der Waals surface area contributed by atoms with E-state index in [-0.39, 0.29) is 5.92 Å². The number of carbonyl (C=O) groups is 1. The molecule has 1 rings (SSSR count). The number of nitrogens with zero attached hydrogens (tertiary/aromatic N) is 1. The van der Waals surface area contributed by atoms with Crippen molar-refractivity contribution < 1.29 is 9.00 Å². The zero-order chi connectivity index (χ0) is 14.6. The van der Waals surface area contributed by atoms with Crippen molar-refractivity contribution in [3.8, 4) is 0 Å². The number of aryl methyl sites for hydroxylation is 1. The molecule has 0 aliphatic carbocycles. The van der Waals surface area contributed by atoms with Crippen molar-refractivity contribution in [2.45, 2.75) is 43.9 Å². The zero-order valence-corrected chi connectivity index (χ0v) is 13.1. The van der Waals surface area contributed by atoms with Crippen molar-refractivity contribution in [2.24, 2.45) is 21.2 Å². The number of carbonyl (C=O) groups excluding carboxylic acids is 1. The highest BCUT2D eigenvalue weighted by atomic mass is 32.2. The largest absolute Gasteiger partial charge is 0.320 e. The van der Waals surface area contributed by atoms with Crippen LogP contribution in [0.5, 0.6) is 0 Å². The molecule has 0 saturated carbocycles. The lowest BCUT2D eigenvalue weighted by Crippen LogP contribution is -2.32. The topological polar surface area (TPSA) is 98.5 Å². The summed E-state index contributed by atoms with van der Waals surface area (Å²) in [6, 6.07) is 1.11.